The zero-order valence-corrected chi connectivity index (χ0v) is 19.2. The van der Waals surface area contributed by atoms with Crippen LogP contribution in [0, 0.1) is 0 Å². The highest BCUT2D eigenvalue weighted by Crippen LogP contribution is 2.57. The summed E-state index contributed by atoms with van der Waals surface area (Å²) in [6.45, 7) is 8.66. The molecule has 4 aromatic heterocycles. The molecule has 0 amide bonds. The zero-order valence-electron chi connectivity index (χ0n) is 15.9. The van der Waals surface area contributed by atoms with Gasteiger partial charge in [0, 0.05) is 20.9 Å². The second kappa shape index (κ2) is 5.51. The minimum absolute atomic E-state index is 0.307. The molecule has 142 valence electrons. The SMILES string of the molecule is CC1(C)Oc2ccsc2-c2sc(-c3cc4c(s3)-c3sccc3OC4(C)C)cc21. The lowest BCUT2D eigenvalue weighted by atomic mass is 9.94. The van der Waals surface area contributed by atoms with E-state index < -0.39 is 0 Å². The van der Waals surface area contributed by atoms with Crippen molar-refractivity contribution in [2.45, 2.75) is 38.9 Å². The maximum atomic E-state index is 6.29. The van der Waals surface area contributed by atoms with Gasteiger partial charge < -0.3 is 9.47 Å². The fraction of sp³-hybridized carbons (Fsp3) is 0.273. The maximum Gasteiger partial charge on any atom is 0.140 e. The van der Waals surface area contributed by atoms with Crippen LogP contribution >= 0.6 is 45.3 Å². The highest BCUT2D eigenvalue weighted by Gasteiger charge is 2.38. The monoisotopic (exact) mass is 442 g/mol. The molecule has 6 rings (SSSR count). The Kier molecular flexibility index (Phi) is 3.40. The van der Waals surface area contributed by atoms with Crippen molar-refractivity contribution in [1.82, 2.24) is 0 Å². The van der Waals surface area contributed by atoms with Crippen molar-refractivity contribution in [2.75, 3.05) is 0 Å². The van der Waals surface area contributed by atoms with E-state index in [1.165, 1.54) is 40.4 Å². The van der Waals surface area contributed by atoms with Gasteiger partial charge in [0.25, 0.3) is 0 Å². The fourth-order valence-electron chi connectivity index (χ4n) is 4.00. The Morgan fingerprint density at radius 3 is 1.50 bits per heavy atom. The number of ether oxygens (including phenoxy) is 2. The van der Waals surface area contributed by atoms with Gasteiger partial charge in [0.2, 0.25) is 0 Å². The van der Waals surface area contributed by atoms with Crippen LogP contribution in [0.3, 0.4) is 0 Å². The molecule has 2 aliphatic rings. The lowest BCUT2D eigenvalue weighted by Gasteiger charge is -2.31. The molecule has 0 fully saturated rings. The first kappa shape index (κ1) is 17.3. The van der Waals surface area contributed by atoms with Crippen LogP contribution in [0.1, 0.15) is 38.8 Å². The van der Waals surface area contributed by atoms with E-state index in [-0.39, 0.29) is 11.2 Å². The average molecular weight is 443 g/mol. The van der Waals surface area contributed by atoms with Gasteiger partial charge in [-0.1, -0.05) is 0 Å². The lowest BCUT2D eigenvalue weighted by molar-refractivity contribution is 0.107. The van der Waals surface area contributed by atoms with Gasteiger partial charge in [-0.05, 0) is 62.7 Å². The van der Waals surface area contributed by atoms with Crippen molar-refractivity contribution < 1.29 is 9.47 Å². The lowest BCUT2D eigenvalue weighted by Crippen LogP contribution is -2.27. The largest absolute Gasteiger partial charge is 0.482 e. The van der Waals surface area contributed by atoms with Crippen molar-refractivity contribution in [3.05, 3.63) is 46.2 Å². The Morgan fingerprint density at radius 2 is 1.07 bits per heavy atom. The Morgan fingerprint density at radius 1 is 0.643 bits per heavy atom. The smallest absolute Gasteiger partial charge is 0.140 e. The van der Waals surface area contributed by atoms with E-state index in [4.69, 9.17) is 9.47 Å². The predicted molar refractivity (Wildman–Crippen MR) is 122 cm³/mol. The fourth-order valence-corrected chi connectivity index (χ4v) is 8.66. The molecule has 0 N–H and O–H groups in total. The van der Waals surface area contributed by atoms with Crippen LogP contribution in [-0.4, -0.2) is 0 Å². The first-order chi connectivity index (χ1) is 13.3. The summed E-state index contributed by atoms with van der Waals surface area (Å²) in [5, 5.41) is 4.24. The van der Waals surface area contributed by atoms with Crippen LogP contribution in [0.15, 0.2) is 35.0 Å². The molecule has 0 saturated carbocycles. The van der Waals surface area contributed by atoms with E-state index in [0.29, 0.717) is 0 Å². The van der Waals surface area contributed by atoms with Crippen molar-refractivity contribution in [1.29, 1.82) is 0 Å². The Bertz CT molecular complexity index is 1130. The summed E-state index contributed by atoms with van der Waals surface area (Å²) in [6, 6.07) is 8.85. The second-order valence-electron chi connectivity index (χ2n) is 8.16. The standard InChI is InChI=1S/C22H18O2S4/c1-21(2)11-9-15(27-17(11)19-13(23-21)5-7-25-19)16-10-12-18(28-16)20-14(6-8-26-20)24-22(12,3)4/h5-10H,1-4H3. The van der Waals surface area contributed by atoms with Gasteiger partial charge in [-0.15, -0.1) is 45.3 Å². The molecular formula is C22H18O2S4. The molecular weight excluding hydrogens is 425 g/mol. The zero-order chi connectivity index (χ0) is 19.3. The van der Waals surface area contributed by atoms with Crippen molar-refractivity contribution in [3.8, 4) is 40.8 Å². The average Bonchev–Trinajstić information content (AvgIpc) is 3.37. The molecule has 0 atom stereocenters. The van der Waals surface area contributed by atoms with Crippen LogP contribution in [0.25, 0.3) is 29.3 Å². The summed E-state index contributed by atoms with van der Waals surface area (Å²) >= 11 is 7.31. The van der Waals surface area contributed by atoms with Gasteiger partial charge in [0.1, 0.15) is 22.7 Å². The summed E-state index contributed by atoms with van der Waals surface area (Å²) in [5.74, 6) is 2.03. The highest BCUT2D eigenvalue weighted by atomic mass is 32.1. The Balaban J connectivity index is 1.54. The number of rotatable bonds is 1. The molecule has 0 bridgehead atoms. The van der Waals surface area contributed by atoms with Gasteiger partial charge in [0.05, 0.1) is 19.5 Å². The minimum Gasteiger partial charge on any atom is -0.482 e. The molecule has 6 heteroatoms. The minimum atomic E-state index is -0.307. The number of fused-ring (bicyclic) bond motifs is 6. The third-order valence-corrected chi connectivity index (χ3v) is 9.99. The van der Waals surface area contributed by atoms with E-state index >= 15 is 0 Å². The number of hydrogen-bond donors (Lipinski definition) is 0. The molecule has 0 aliphatic carbocycles. The van der Waals surface area contributed by atoms with Gasteiger partial charge >= 0.3 is 0 Å². The van der Waals surface area contributed by atoms with Crippen LogP contribution in [0.2, 0.25) is 0 Å². The van der Waals surface area contributed by atoms with Crippen LogP contribution in [0.4, 0.5) is 0 Å². The van der Waals surface area contributed by atoms with E-state index in [1.54, 1.807) is 22.7 Å². The number of thiophene rings is 4. The maximum absolute atomic E-state index is 6.29. The van der Waals surface area contributed by atoms with Crippen molar-refractivity contribution >= 4 is 45.3 Å². The summed E-state index contributed by atoms with van der Waals surface area (Å²) in [4.78, 5) is 7.87. The van der Waals surface area contributed by atoms with Crippen molar-refractivity contribution in [3.63, 3.8) is 0 Å². The van der Waals surface area contributed by atoms with Gasteiger partial charge in [-0.2, -0.15) is 0 Å². The number of hydrogen-bond acceptors (Lipinski definition) is 6. The first-order valence-corrected chi connectivity index (χ1v) is 12.6. The molecule has 0 saturated heterocycles. The summed E-state index contributed by atoms with van der Waals surface area (Å²) in [7, 11) is 0. The Hall–Kier alpha value is -1.60. The molecule has 0 aromatic carbocycles. The van der Waals surface area contributed by atoms with Gasteiger partial charge in [-0.25, -0.2) is 0 Å². The molecule has 6 heterocycles. The van der Waals surface area contributed by atoms with E-state index in [2.05, 4.69) is 62.7 Å². The third kappa shape index (κ3) is 2.29. The van der Waals surface area contributed by atoms with E-state index in [9.17, 15) is 0 Å². The molecule has 2 aliphatic heterocycles. The predicted octanol–water partition coefficient (Wildman–Crippen LogP) is 8.19. The van der Waals surface area contributed by atoms with Crippen LogP contribution in [0.5, 0.6) is 11.5 Å². The summed E-state index contributed by atoms with van der Waals surface area (Å²) < 4.78 is 12.6. The van der Waals surface area contributed by atoms with Crippen LogP contribution < -0.4 is 9.47 Å². The first-order valence-electron chi connectivity index (χ1n) is 9.16. The summed E-state index contributed by atoms with van der Waals surface area (Å²) in [5.41, 5.74) is 1.97. The molecule has 28 heavy (non-hydrogen) atoms. The normalized spacial score (nSPS) is 17.7. The van der Waals surface area contributed by atoms with Gasteiger partial charge in [0.15, 0.2) is 0 Å². The van der Waals surface area contributed by atoms with Crippen molar-refractivity contribution in [2.24, 2.45) is 0 Å². The van der Waals surface area contributed by atoms with E-state index in [0.717, 1.165) is 11.5 Å². The van der Waals surface area contributed by atoms with Crippen LogP contribution in [-0.2, 0) is 11.2 Å². The molecule has 0 unspecified atom stereocenters. The highest BCUT2D eigenvalue weighted by molar-refractivity contribution is 7.28. The van der Waals surface area contributed by atoms with Gasteiger partial charge in [-0.3, -0.25) is 0 Å². The Labute approximate surface area is 180 Å². The molecule has 0 spiro atoms. The topological polar surface area (TPSA) is 18.5 Å². The second-order valence-corrected chi connectivity index (χ2v) is 12.1. The van der Waals surface area contributed by atoms with E-state index in [1.807, 2.05) is 22.7 Å². The summed E-state index contributed by atoms with van der Waals surface area (Å²) in [6.07, 6.45) is 0. The molecule has 2 nitrogen and oxygen atoms in total. The molecule has 0 radical (unpaired) electrons. The third-order valence-electron chi connectivity index (χ3n) is 5.41. The molecule has 4 aromatic rings. The quantitative estimate of drug-likeness (QED) is 0.296.